The van der Waals surface area contributed by atoms with E-state index < -0.39 is 5.97 Å². The molecule has 0 spiro atoms. The minimum Gasteiger partial charge on any atom is -0.506 e. The van der Waals surface area contributed by atoms with Gasteiger partial charge in [0.05, 0.1) is 17.1 Å². The number of benzene rings is 1. The second-order valence-electron chi connectivity index (χ2n) is 3.94. The standard InChI is InChI=1S/C12H11Br2NO4S/c1-2-19-12(18)11-15-7(4-20-11)5-3-6(13)10(17)8(14)9(5)16/h3,7,16-17H,2,4H2,1H3. The van der Waals surface area contributed by atoms with E-state index in [0.717, 1.165) is 0 Å². The summed E-state index contributed by atoms with van der Waals surface area (Å²) < 4.78 is 5.54. The van der Waals surface area contributed by atoms with Gasteiger partial charge >= 0.3 is 5.97 Å². The number of rotatable bonds is 3. The van der Waals surface area contributed by atoms with Gasteiger partial charge in [0.2, 0.25) is 0 Å². The summed E-state index contributed by atoms with van der Waals surface area (Å²) in [7, 11) is 0. The summed E-state index contributed by atoms with van der Waals surface area (Å²) in [6.45, 7) is 2.03. The number of thioether (sulfide) groups is 1. The summed E-state index contributed by atoms with van der Waals surface area (Å²) in [6, 6.07) is 1.24. The molecular formula is C12H11Br2NO4S. The molecule has 1 aromatic carbocycles. The zero-order valence-electron chi connectivity index (χ0n) is 10.4. The zero-order chi connectivity index (χ0) is 14.9. The summed E-state index contributed by atoms with van der Waals surface area (Å²) in [6.07, 6.45) is 0. The lowest BCUT2D eigenvalue weighted by atomic mass is 10.1. The van der Waals surface area contributed by atoms with Gasteiger partial charge in [-0.05, 0) is 44.8 Å². The fraction of sp³-hybridized carbons (Fsp3) is 0.333. The van der Waals surface area contributed by atoms with E-state index in [1.165, 1.54) is 11.8 Å². The Morgan fingerprint density at radius 1 is 1.50 bits per heavy atom. The van der Waals surface area contributed by atoms with Gasteiger partial charge < -0.3 is 14.9 Å². The van der Waals surface area contributed by atoms with E-state index in [2.05, 4.69) is 36.9 Å². The molecule has 1 aliphatic heterocycles. The minimum atomic E-state index is -0.448. The van der Waals surface area contributed by atoms with Gasteiger partial charge in [0.25, 0.3) is 0 Å². The third kappa shape index (κ3) is 2.96. The lowest BCUT2D eigenvalue weighted by Crippen LogP contribution is -2.12. The predicted molar refractivity (Wildman–Crippen MR) is 84.4 cm³/mol. The number of hydrogen-bond donors (Lipinski definition) is 2. The van der Waals surface area contributed by atoms with Crippen LogP contribution in [0.2, 0.25) is 0 Å². The molecule has 2 rings (SSSR count). The normalized spacial score (nSPS) is 17.9. The van der Waals surface area contributed by atoms with Crippen molar-refractivity contribution in [1.29, 1.82) is 0 Å². The Kier molecular flexibility index (Phi) is 4.98. The molecule has 0 radical (unpaired) electrons. The molecule has 20 heavy (non-hydrogen) atoms. The van der Waals surface area contributed by atoms with Crippen LogP contribution in [0.25, 0.3) is 0 Å². The third-order valence-electron chi connectivity index (χ3n) is 2.66. The zero-order valence-corrected chi connectivity index (χ0v) is 14.4. The summed E-state index contributed by atoms with van der Waals surface area (Å²) in [5.74, 6) is -0.0706. The number of esters is 1. The number of carbonyl (C=O) groups excluding carboxylic acids is 1. The van der Waals surface area contributed by atoms with Gasteiger partial charge in [0, 0.05) is 11.3 Å². The summed E-state index contributed by atoms with van der Waals surface area (Å²) in [5.41, 5.74) is 0.536. The van der Waals surface area contributed by atoms with Gasteiger partial charge in [0.1, 0.15) is 16.0 Å². The monoisotopic (exact) mass is 423 g/mol. The molecule has 2 N–H and O–H groups in total. The quantitative estimate of drug-likeness (QED) is 0.727. The highest BCUT2D eigenvalue weighted by atomic mass is 79.9. The van der Waals surface area contributed by atoms with Crippen molar-refractivity contribution < 1.29 is 19.7 Å². The van der Waals surface area contributed by atoms with Crippen molar-refractivity contribution >= 4 is 54.6 Å². The van der Waals surface area contributed by atoms with Crippen molar-refractivity contribution in [3.8, 4) is 11.5 Å². The first-order valence-electron chi connectivity index (χ1n) is 5.73. The molecule has 1 heterocycles. The molecule has 0 saturated heterocycles. The van der Waals surface area contributed by atoms with Crippen molar-refractivity contribution in [3.63, 3.8) is 0 Å². The molecule has 0 amide bonds. The first-order valence-corrected chi connectivity index (χ1v) is 8.30. The summed E-state index contributed by atoms with van der Waals surface area (Å²) >= 11 is 7.62. The molecule has 0 bridgehead atoms. The van der Waals surface area contributed by atoms with Gasteiger partial charge in [0.15, 0.2) is 5.04 Å². The molecule has 1 unspecified atom stereocenters. The van der Waals surface area contributed by atoms with E-state index in [4.69, 9.17) is 4.74 Å². The van der Waals surface area contributed by atoms with Crippen LogP contribution in [0.3, 0.4) is 0 Å². The Morgan fingerprint density at radius 2 is 2.20 bits per heavy atom. The van der Waals surface area contributed by atoms with Crippen molar-refractivity contribution in [2.45, 2.75) is 13.0 Å². The second-order valence-corrected chi connectivity index (χ2v) is 6.60. The van der Waals surface area contributed by atoms with E-state index >= 15 is 0 Å². The number of ether oxygens (including phenoxy) is 1. The molecular weight excluding hydrogens is 414 g/mol. The van der Waals surface area contributed by atoms with Crippen LogP contribution >= 0.6 is 43.6 Å². The maximum absolute atomic E-state index is 11.6. The first-order chi connectivity index (χ1) is 9.45. The highest BCUT2D eigenvalue weighted by molar-refractivity contribution is 9.11. The van der Waals surface area contributed by atoms with Crippen molar-refractivity contribution in [2.75, 3.05) is 12.4 Å². The van der Waals surface area contributed by atoms with Crippen LogP contribution in [-0.2, 0) is 9.53 Å². The average Bonchev–Trinajstić information content (AvgIpc) is 2.90. The third-order valence-corrected chi connectivity index (χ3v) is 5.04. The molecule has 8 heteroatoms. The number of phenols is 2. The molecule has 0 aliphatic carbocycles. The Bertz CT molecular complexity index is 591. The molecule has 1 aliphatic rings. The lowest BCUT2D eigenvalue weighted by molar-refractivity contribution is -0.134. The molecule has 0 aromatic heterocycles. The van der Waals surface area contributed by atoms with E-state index in [1.54, 1.807) is 13.0 Å². The molecule has 0 fully saturated rings. The SMILES string of the molecule is CCOC(=O)C1=NC(c2cc(Br)c(O)c(Br)c2O)CS1. The van der Waals surface area contributed by atoms with Crippen LogP contribution in [0.5, 0.6) is 11.5 Å². The number of halogens is 2. The van der Waals surface area contributed by atoms with Crippen LogP contribution in [0, 0.1) is 0 Å². The van der Waals surface area contributed by atoms with Crippen molar-refractivity contribution in [2.24, 2.45) is 4.99 Å². The number of carbonyl (C=O) groups is 1. The molecule has 5 nitrogen and oxygen atoms in total. The van der Waals surface area contributed by atoms with Crippen molar-refractivity contribution in [1.82, 2.24) is 0 Å². The maximum Gasteiger partial charge on any atom is 0.363 e. The Hall–Kier alpha value is -0.730. The first kappa shape index (κ1) is 15.7. The lowest BCUT2D eigenvalue weighted by Gasteiger charge is -2.12. The van der Waals surface area contributed by atoms with E-state index in [0.29, 0.717) is 27.4 Å². The number of aliphatic imine (C=N–C) groups is 1. The largest absolute Gasteiger partial charge is 0.506 e. The average molecular weight is 425 g/mol. The summed E-state index contributed by atoms with van der Waals surface area (Å²) in [5, 5.41) is 20.1. The number of aromatic hydroxyl groups is 2. The van der Waals surface area contributed by atoms with Gasteiger partial charge in [-0.1, -0.05) is 11.8 Å². The number of hydrogen-bond acceptors (Lipinski definition) is 6. The van der Waals surface area contributed by atoms with E-state index in [9.17, 15) is 15.0 Å². The Morgan fingerprint density at radius 3 is 2.85 bits per heavy atom. The smallest absolute Gasteiger partial charge is 0.363 e. The fourth-order valence-corrected chi connectivity index (χ4v) is 3.81. The van der Waals surface area contributed by atoms with Crippen LogP contribution in [0.1, 0.15) is 18.5 Å². The maximum atomic E-state index is 11.6. The van der Waals surface area contributed by atoms with Crippen LogP contribution in [0.15, 0.2) is 20.0 Å². The highest BCUT2D eigenvalue weighted by Gasteiger charge is 2.29. The van der Waals surface area contributed by atoms with Crippen LogP contribution in [-0.4, -0.2) is 33.6 Å². The van der Waals surface area contributed by atoms with E-state index in [-0.39, 0.29) is 22.0 Å². The van der Waals surface area contributed by atoms with Crippen LogP contribution < -0.4 is 0 Å². The molecule has 0 saturated carbocycles. The molecule has 1 atom stereocenters. The van der Waals surface area contributed by atoms with Crippen LogP contribution in [0.4, 0.5) is 0 Å². The predicted octanol–water partition coefficient (Wildman–Crippen LogP) is 3.37. The topological polar surface area (TPSA) is 79.1 Å². The van der Waals surface area contributed by atoms with Gasteiger partial charge in [-0.3, -0.25) is 4.99 Å². The Labute approximate surface area is 136 Å². The summed E-state index contributed by atoms with van der Waals surface area (Å²) in [4.78, 5) is 15.9. The van der Waals surface area contributed by atoms with Gasteiger partial charge in [-0.25, -0.2) is 4.79 Å². The minimum absolute atomic E-state index is 0.0773. The molecule has 1 aromatic rings. The van der Waals surface area contributed by atoms with Crippen molar-refractivity contribution in [3.05, 3.63) is 20.6 Å². The van der Waals surface area contributed by atoms with Gasteiger partial charge in [-0.15, -0.1) is 0 Å². The number of phenolic OH excluding ortho intramolecular Hbond substituents is 2. The highest BCUT2D eigenvalue weighted by Crippen LogP contribution is 2.45. The van der Waals surface area contributed by atoms with E-state index in [1.807, 2.05) is 0 Å². The Balaban J connectivity index is 2.33. The fourth-order valence-electron chi connectivity index (χ4n) is 1.71. The number of nitrogens with zero attached hydrogens (tertiary/aromatic N) is 1. The molecule has 108 valence electrons. The van der Waals surface area contributed by atoms with Gasteiger partial charge in [-0.2, -0.15) is 0 Å². The second kappa shape index (κ2) is 6.36.